The van der Waals surface area contributed by atoms with Gasteiger partial charge in [0.05, 0.1) is 17.9 Å². The van der Waals surface area contributed by atoms with Gasteiger partial charge in [-0.1, -0.05) is 13.8 Å². The Bertz CT molecular complexity index is 340. The molecule has 4 nitrogen and oxygen atoms in total. The molecule has 0 bridgehead atoms. The molecule has 0 aliphatic heterocycles. The fourth-order valence-corrected chi connectivity index (χ4v) is 1.66. The molecule has 0 saturated heterocycles. The summed E-state index contributed by atoms with van der Waals surface area (Å²) in [6, 6.07) is 1.80. The standard InChI is InChI=1S/C13H22N2O2/c1-9(2)5-12(16)6-11-7-13(15-8-14-11)17-10(3)4/h7-10,12,16H,5-6H2,1-4H3. The average Bonchev–Trinajstić information content (AvgIpc) is 2.14. The molecule has 1 N–H and O–H groups in total. The van der Waals surface area contributed by atoms with Crippen LogP contribution in [-0.2, 0) is 6.42 Å². The van der Waals surface area contributed by atoms with Crippen LogP contribution in [0.4, 0.5) is 0 Å². The summed E-state index contributed by atoms with van der Waals surface area (Å²) < 4.78 is 5.48. The minimum Gasteiger partial charge on any atom is -0.475 e. The highest BCUT2D eigenvalue weighted by Crippen LogP contribution is 2.13. The smallest absolute Gasteiger partial charge is 0.216 e. The maximum absolute atomic E-state index is 9.84. The first-order chi connectivity index (χ1) is 7.97. The molecule has 1 atom stereocenters. The zero-order chi connectivity index (χ0) is 12.8. The van der Waals surface area contributed by atoms with Crippen molar-refractivity contribution in [2.45, 2.75) is 52.7 Å². The van der Waals surface area contributed by atoms with Gasteiger partial charge in [-0.2, -0.15) is 0 Å². The second-order valence-corrected chi connectivity index (χ2v) is 5.00. The van der Waals surface area contributed by atoms with Gasteiger partial charge in [0, 0.05) is 12.5 Å². The lowest BCUT2D eigenvalue weighted by Gasteiger charge is -2.13. The fraction of sp³-hybridized carbons (Fsp3) is 0.692. The lowest BCUT2D eigenvalue weighted by molar-refractivity contribution is 0.147. The zero-order valence-electron chi connectivity index (χ0n) is 11.1. The Morgan fingerprint density at radius 3 is 2.53 bits per heavy atom. The molecule has 4 heteroatoms. The Labute approximate surface area is 103 Å². The Morgan fingerprint density at radius 2 is 1.94 bits per heavy atom. The molecule has 0 spiro atoms. The molecule has 1 aromatic heterocycles. The van der Waals surface area contributed by atoms with E-state index in [4.69, 9.17) is 4.74 Å². The van der Waals surface area contributed by atoms with Crippen LogP contribution < -0.4 is 4.74 Å². The first-order valence-electron chi connectivity index (χ1n) is 6.13. The average molecular weight is 238 g/mol. The summed E-state index contributed by atoms with van der Waals surface area (Å²) in [6.45, 7) is 8.10. The van der Waals surface area contributed by atoms with Crippen LogP contribution in [0.2, 0.25) is 0 Å². The second-order valence-electron chi connectivity index (χ2n) is 5.00. The highest BCUT2D eigenvalue weighted by atomic mass is 16.5. The maximum Gasteiger partial charge on any atom is 0.216 e. The Hall–Kier alpha value is -1.16. The van der Waals surface area contributed by atoms with Crippen LogP contribution in [0.1, 0.15) is 39.8 Å². The predicted molar refractivity (Wildman–Crippen MR) is 67.0 cm³/mol. The summed E-state index contributed by atoms with van der Waals surface area (Å²) in [4.78, 5) is 8.18. The van der Waals surface area contributed by atoms with Gasteiger partial charge < -0.3 is 9.84 Å². The molecule has 0 aromatic carbocycles. The molecule has 0 saturated carbocycles. The lowest BCUT2D eigenvalue weighted by Crippen LogP contribution is -2.15. The normalized spacial score (nSPS) is 13.1. The highest BCUT2D eigenvalue weighted by Gasteiger charge is 2.10. The SMILES string of the molecule is CC(C)CC(O)Cc1cc(OC(C)C)ncn1. The maximum atomic E-state index is 9.84. The van der Waals surface area contributed by atoms with Gasteiger partial charge in [-0.25, -0.2) is 9.97 Å². The Balaban J connectivity index is 2.59. The van der Waals surface area contributed by atoms with Crippen molar-refractivity contribution >= 4 is 0 Å². The van der Waals surface area contributed by atoms with E-state index in [-0.39, 0.29) is 12.2 Å². The van der Waals surface area contributed by atoms with Crippen molar-refractivity contribution in [3.8, 4) is 5.88 Å². The number of hydrogen-bond acceptors (Lipinski definition) is 4. The molecule has 17 heavy (non-hydrogen) atoms. The largest absolute Gasteiger partial charge is 0.475 e. The molecule has 1 heterocycles. The summed E-state index contributed by atoms with van der Waals surface area (Å²) in [5, 5.41) is 9.84. The van der Waals surface area contributed by atoms with Crippen LogP contribution in [-0.4, -0.2) is 27.3 Å². The van der Waals surface area contributed by atoms with Crippen LogP contribution in [0.15, 0.2) is 12.4 Å². The quantitative estimate of drug-likeness (QED) is 0.825. The molecular weight excluding hydrogens is 216 g/mol. The van der Waals surface area contributed by atoms with Gasteiger partial charge in [-0.05, 0) is 26.2 Å². The van der Waals surface area contributed by atoms with E-state index in [1.54, 1.807) is 6.07 Å². The molecule has 96 valence electrons. The number of aromatic nitrogens is 2. The van der Waals surface area contributed by atoms with Gasteiger partial charge in [0.25, 0.3) is 0 Å². The van der Waals surface area contributed by atoms with Crippen molar-refractivity contribution in [2.24, 2.45) is 5.92 Å². The van der Waals surface area contributed by atoms with Crippen LogP contribution in [0, 0.1) is 5.92 Å². The first kappa shape index (κ1) is 13.9. The van der Waals surface area contributed by atoms with E-state index in [1.807, 2.05) is 13.8 Å². The Kier molecular flexibility index (Phi) is 5.35. The predicted octanol–water partition coefficient (Wildman–Crippen LogP) is 2.21. The van der Waals surface area contributed by atoms with Crippen LogP contribution in [0.3, 0.4) is 0 Å². The zero-order valence-corrected chi connectivity index (χ0v) is 11.1. The monoisotopic (exact) mass is 238 g/mol. The van der Waals surface area contributed by atoms with Gasteiger partial charge in [0.15, 0.2) is 0 Å². The lowest BCUT2D eigenvalue weighted by atomic mass is 10.0. The summed E-state index contributed by atoms with van der Waals surface area (Å²) >= 11 is 0. The molecule has 0 fully saturated rings. The summed E-state index contributed by atoms with van der Waals surface area (Å²) in [5.41, 5.74) is 0.823. The minimum absolute atomic E-state index is 0.0957. The molecule has 0 amide bonds. The van der Waals surface area contributed by atoms with E-state index in [0.717, 1.165) is 12.1 Å². The van der Waals surface area contributed by atoms with E-state index < -0.39 is 0 Å². The summed E-state index contributed by atoms with van der Waals surface area (Å²) in [5.74, 6) is 1.06. The third-order valence-corrected chi connectivity index (χ3v) is 2.24. The van der Waals surface area contributed by atoms with Gasteiger partial charge >= 0.3 is 0 Å². The third kappa shape index (κ3) is 5.63. The van der Waals surface area contributed by atoms with Crippen molar-refractivity contribution in [2.75, 3.05) is 0 Å². The number of aliphatic hydroxyl groups is 1. The third-order valence-electron chi connectivity index (χ3n) is 2.24. The fourth-order valence-electron chi connectivity index (χ4n) is 1.66. The van der Waals surface area contributed by atoms with Gasteiger partial charge in [-0.15, -0.1) is 0 Å². The number of hydrogen-bond donors (Lipinski definition) is 1. The molecule has 1 rings (SSSR count). The Morgan fingerprint density at radius 1 is 1.24 bits per heavy atom. The molecule has 1 aromatic rings. The van der Waals surface area contributed by atoms with Crippen LogP contribution >= 0.6 is 0 Å². The number of aliphatic hydroxyl groups excluding tert-OH is 1. The van der Waals surface area contributed by atoms with Crippen LogP contribution in [0.25, 0.3) is 0 Å². The molecule has 0 radical (unpaired) electrons. The summed E-state index contributed by atoms with van der Waals surface area (Å²) in [6.07, 6.45) is 2.56. The van der Waals surface area contributed by atoms with Crippen molar-refractivity contribution < 1.29 is 9.84 Å². The van der Waals surface area contributed by atoms with Gasteiger partial charge in [0.2, 0.25) is 5.88 Å². The molecular formula is C13H22N2O2. The molecule has 1 unspecified atom stereocenters. The first-order valence-corrected chi connectivity index (χ1v) is 6.13. The van der Waals surface area contributed by atoms with E-state index in [2.05, 4.69) is 23.8 Å². The van der Waals surface area contributed by atoms with E-state index >= 15 is 0 Å². The second kappa shape index (κ2) is 6.55. The topological polar surface area (TPSA) is 55.2 Å². The van der Waals surface area contributed by atoms with E-state index in [0.29, 0.717) is 18.2 Å². The van der Waals surface area contributed by atoms with Gasteiger partial charge in [0.1, 0.15) is 6.33 Å². The highest BCUT2D eigenvalue weighted by molar-refractivity contribution is 5.14. The van der Waals surface area contributed by atoms with Crippen LogP contribution in [0.5, 0.6) is 5.88 Å². The van der Waals surface area contributed by atoms with E-state index in [1.165, 1.54) is 6.33 Å². The molecule has 0 aliphatic rings. The minimum atomic E-state index is -0.350. The molecule has 0 aliphatic carbocycles. The number of ether oxygens (including phenoxy) is 1. The van der Waals surface area contributed by atoms with Crippen molar-refractivity contribution in [1.29, 1.82) is 0 Å². The number of rotatable bonds is 6. The summed E-state index contributed by atoms with van der Waals surface area (Å²) in [7, 11) is 0. The van der Waals surface area contributed by atoms with Crippen molar-refractivity contribution in [1.82, 2.24) is 9.97 Å². The number of nitrogens with zero attached hydrogens (tertiary/aromatic N) is 2. The van der Waals surface area contributed by atoms with Gasteiger partial charge in [-0.3, -0.25) is 0 Å². The van der Waals surface area contributed by atoms with E-state index in [9.17, 15) is 5.11 Å². The van der Waals surface area contributed by atoms with Crippen molar-refractivity contribution in [3.63, 3.8) is 0 Å². The van der Waals surface area contributed by atoms with Crippen molar-refractivity contribution in [3.05, 3.63) is 18.1 Å².